The molecule has 0 radical (unpaired) electrons. The molecular formula is C21H15ClF3N3O3S. The van der Waals surface area contributed by atoms with Gasteiger partial charge in [0.05, 0.1) is 29.5 Å². The van der Waals surface area contributed by atoms with Gasteiger partial charge < -0.3 is 4.74 Å². The Morgan fingerprint density at radius 2 is 1.78 bits per heavy atom. The van der Waals surface area contributed by atoms with Crippen molar-refractivity contribution in [2.75, 3.05) is 18.5 Å². The number of methoxy groups -OCH3 is 1. The number of benzene rings is 2. The van der Waals surface area contributed by atoms with Crippen LogP contribution in [0.1, 0.15) is 11.3 Å². The van der Waals surface area contributed by atoms with Crippen LogP contribution in [0.5, 0.6) is 5.75 Å². The normalized spacial score (nSPS) is 11.7. The fourth-order valence-corrected chi connectivity index (χ4v) is 4.56. The smallest absolute Gasteiger partial charge is 0.433 e. The molecule has 2 aromatic carbocycles. The lowest BCUT2D eigenvalue weighted by molar-refractivity contribution is -0.141. The lowest BCUT2D eigenvalue weighted by Crippen LogP contribution is -2.27. The van der Waals surface area contributed by atoms with Crippen LogP contribution in [-0.4, -0.2) is 27.6 Å². The number of para-hydroxylation sites is 1. The molecule has 3 rings (SSSR count). The van der Waals surface area contributed by atoms with Crippen LogP contribution < -0.4 is 9.04 Å². The van der Waals surface area contributed by atoms with Crippen LogP contribution in [0, 0.1) is 11.3 Å². The van der Waals surface area contributed by atoms with E-state index in [4.69, 9.17) is 16.3 Å². The van der Waals surface area contributed by atoms with E-state index < -0.39 is 21.9 Å². The molecule has 11 heteroatoms. The van der Waals surface area contributed by atoms with Crippen LogP contribution in [0.25, 0.3) is 11.1 Å². The first-order valence-electron chi connectivity index (χ1n) is 8.90. The van der Waals surface area contributed by atoms with Crippen molar-refractivity contribution < 1.29 is 26.3 Å². The summed E-state index contributed by atoms with van der Waals surface area (Å²) in [6.07, 6.45) is -3.91. The van der Waals surface area contributed by atoms with Gasteiger partial charge in [0.15, 0.2) is 0 Å². The van der Waals surface area contributed by atoms with E-state index in [0.717, 1.165) is 16.6 Å². The summed E-state index contributed by atoms with van der Waals surface area (Å²) in [5, 5.41) is 9.36. The van der Waals surface area contributed by atoms with Crippen molar-refractivity contribution in [1.29, 1.82) is 5.26 Å². The molecule has 0 atom stereocenters. The lowest BCUT2D eigenvalue weighted by atomic mass is 10.0. The fourth-order valence-electron chi connectivity index (χ4n) is 2.94. The Morgan fingerprint density at radius 1 is 1.12 bits per heavy atom. The Balaban J connectivity index is 2.22. The fraction of sp³-hybridized carbons (Fsp3) is 0.143. The molecule has 0 spiro atoms. The number of hydrogen-bond donors (Lipinski definition) is 0. The van der Waals surface area contributed by atoms with Gasteiger partial charge in [-0.05, 0) is 24.3 Å². The number of alkyl halides is 3. The molecule has 166 valence electrons. The van der Waals surface area contributed by atoms with Crippen LogP contribution >= 0.6 is 11.6 Å². The highest BCUT2D eigenvalue weighted by Crippen LogP contribution is 2.40. The summed E-state index contributed by atoms with van der Waals surface area (Å²) in [7, 11) is -1.56. The van der Waals surface area contributed by atoms with Crippen molar-refractivity contribution in [2.24, 2.45) is 0 Å². The minimum absolute atomic E-state index is 0.0188. The molecule has 0 saturated carbocycles. The van der Waals surface area contributed by atoms with E-state index in [1.807, 2.05) is 0 Å². The Morgan fingerprint density at radius 3 is 2.34 bits per heavy atom. The summed E-state index contributed by atoms with van der Waals surface area (Å²) in [5.41, 5.74) is -1.27. The largest absolute Gasteiger partial charge is 0.495 e. The standard InChI is InChI=1S/C21H15ClF3N3O3S/c1-28(14-6-4-3-5-7-14)32(29,30)19-9-15(17(22)10-18(19)31-2)16-12-27-20(21(23,24)25)8-13(16)11-26/h3-10,12H,1-2H3. The van der Waals surface area contributed by atoms with E-state index in [0.29, 0.717) is 11.8 Å². The Kier molecular flexibility index (Phi) is 6.34. The van der Waals surface area contributed by atoms with E-state index in [-0.39, 0.29) is 32.4 Å². The highest BCUT2D eigenvalue weighted by molar-refractivity contribution is 7.93. The minimum atomic E-state index is -4.75. The second-order valence-electron chi connectivity index (χ2n) is 6.52. The van der Waals surface area contributed by atoms with Crippen molar-refractivity contribution in [1.82, 2.24) is 4.98 Å². The van der Waals surface area contributed by atoms with Gasteiger partial charge in [-0.2, -0.15) is 18.4 Å². The number of rotatable bonds is 5. The summed E-state index contributed by atoms with van der Waals surface area (Å²) in [5.74, 6) is -0.0695. The molecule has 6 nitrogen and oxygen atoms in total. The molecule has 1 aromatic heterocycles. The van der Waals surface area contributed by atoms with E-state index in [2.05, 4.69) is 4.98 Å². The number of pyridine rings is 1. The maximum atomic E-state index is 13.3. The number of aromatic nitrogens is 1. The van der Waals surface area contributed by atoms with Gasteiger partial charge in [0.25, 0.3) is 10.0 Å². The summed E-state index contributed by atoms with van der Waals surface area (Å²) in [4.78, 5) is 3.08. The number of halogens is 4. The molecule has 0 fully saturated rings. The molecule has 0 aliphatic carbocycles. The number of sulfonamides is 1. The summed E-state index contributed by atoms with van der Waals surface area (Å²) >= 11 is 6.27. The zero-order valence-corrected chi connectivity index (χ0v) is 18.3. The van der Waals surface area contributed by atoms with Gasteiger partial charge in [-0.3, -0.25) is 9.29 Å². The van der Waals surface area contributed by atoms with Gasteiger partial charge in [-0.1, -0.05) is 29.8 Å². The number of anilines is 1. The zero-order valence-electron chi connectivity index (χ0n) is 16.7. The zero-order chi connectivity index (χ0) is 23.7. The van der Waals surface area contributed by atoms with Gasteiger partial charge in [0, 0.05) is 30.4 Å². The Bertz CT molecular complexity index is 1310. The first kappa shape index (κ1) is 23.4. The van der Waals surface area contributed by atoms with E-state index in [1.54, 1.807) is 36.4 Å². The molecule has 3 aromatic rings. The highest BCUT2D eigenvalue weighted by atomic mass is 35.5. The van der Waals surface area contributed by atoms with Crippen molar-refractivity contribution in [2.45, 2.75) is 11.1 Å². The Labute approximate surface area is 187 Å². The first-order valence-corrected chi connectivity index (χ1v) is 10.7. The maximum absolute atomic E-state index is 13.3. The van der Waals surface area contributed by atoms with Crippen LogP contribution in [0.3, 0.4) is 0 Å². The second kappa shape index (κ2) is 8.68. The summed E-state index contributed by atoms with van der Waals surface area (Å²) < 4.78 is 71.8. The Hall–Kier alpha value is -3.29. The van der Waals surface area contributed by atoms with Crippen molar-refractivity contribution in [3.63, 3.8) is 0 Å². The molecule has 0 aliphatic heterocycles. The third kappa shape index (κ3) is 4.35. The van der Waals surface area contributed by atoms with Crippen LogP contribution in [0.4, 0.5) is 18.9 Å². The van der Waals surface area contributed by atoms with Crippen LogP contribution in [-0.2, 0) is 16.2 Å². The molecule has 0 bridgehead atoms. The van der Waals surface area contributed by atoms with Gasteiger partial charge in [0.2, 0.25) is 0 Å². The highest BCUT2D eigenvalue weighted by Gasteiger charge is 2.34. The molecule has 0 amide bonds. The van der Waals surface area contributed by atoms with Crippen molar-refractivity contribution in [3.8, 4) is 22.9 Å². The SMILES string of the molecule is COc1cc(Cl)c(-c2cnc(C(F)(F)F)cc2C#N)cc1S(=O)(=O)N(C)c1ccccc1. The molecule has 0 aliphatic rings. The average molecular weight is 482 g/mol. The van der Waals surface area contributed by atoms with Gasteiger partial charge >= 0.3 is 6.18 Å². The van der Waals surface area contributed by atoms with Crippen LogP contribution in [0.2, 0.25) is 5.02 Å². The van der Waals surface area contributed by atoms with Gasteiger partial charge in [-0.25, -0.2) is 8.42 Å². The number of ether oxygens (including phenoxy) is 1. The predicted octanol–water partition coefficient (Wildman–Crippen LogP) is 5.13. The maximum Gasteiger partial charge on any atom is 0.433 e. The average Bonchev–Trinajstić information content (AvgIpc) is 2.77. The van der Waals surface area contributed by atoms with Crippen molar-refractivity contribution >= 4 is 27.3 Å². The minimum Gasteiger partial charge on any atom is -0.495 e. The van der Waals surface area contributed by atoms with Crippen LogP contribution in [0.15, 0.2) is 59.6 Å². The second-order valence-corrected chi connectivity index (χ2v) is 8.86. The third-order valence-corrected chi connectivity index (χ3v) is 6.74. The molecule has 1 heterocycles. The molecular weight excluding hydrogens is 467 g/mol. The van der Waals surface area contributed by atoms with E-state index >= 15 is 0 Å². The van der Waals surface area contributed by atoms with Gasteiger partial charge in [-0.15, -0.1) is 0 Å². The summed E-state index contributed by atoms with van der Waals surface area (Å²) in [6.45, 7) is 0. The molecule has 32 heavy (non-hydrogen) atoms. The molecule has 0 saturated heterocycles. The molecule has 0 N–H and O–H groups in total. The number of nitriles is 1. The number of hydrogen-bond acceptors (Lipinski definition) is 5. The lowest BCUT2D eigenvalue weighted by Gasteiger charge is -2.22. The molecule has 0 unspecified atom stereocenters. The topological polar surface area (TPSA) is 83.3 Å². The quantitative estimate of drug-likeness (QED) is 0.504. The van der Waals surface area contributed by atoms with Gasteiger partial charge in [0.1, 0.15) is 16.3 Å². The monoisotopic (exact) mass is 481 g/mol. The first-order chi connectivity index (χ1) is 15.0. The van der Waals surface area contributed by atoms with E-state index in [1.165, 1.54) is 20.2 Å². The predicted molar refractivity (Wildman–Crippen MR) is 113 cm³/mol. The van der Waals surface area contributed by atoms with E-state index in [9.17, 15) is 26.9 Å². The van der Waals surface area contributed by atoms with Crippen molar-refractivity contribution in [3.05, 3.63) is 71.0 Å². The third-order valence-electron chi connectivity index (χ3n) is 4.62. The summed E-state index contributed by atoms with van der Waals surface area (Å²) in [6, 6.07) is 12.9. The number of nitrogens with zero attached hydrogens (tertiary/aromatic N) is 3.